The van der Waals surface area contributed by atoms with Crippen LogP contribution in [0.25, 0.3) is 0 Å². The van der Waals surface area contributed by atoms with E-state index < -0.39 is 11.4 Å². The Kier molecular flexibility index (Phi) is 6.84. The summed E-state index contributed by atoms with van der Waals surface area (Å²) < 4.78 is 13.3. The first-order chi connectivity index (χ1) is 17.9. The summed E-state index contributed by atoms with van der Waals surface area (Å²) in [5.41, 5.74) is 0.990. The molecule has 2 fully saturated rings. The fourth-order valence-electron chi connectivity index (χ4n) is 5.12. The zero-order valence-electron chi connectivity index (χ0n) is 20.1. The summed E-state index contributed by atoms with van der Waals surface area (Å²) in [6.07, 6.45) is 0.833. The van der Waals surface area contributed by atoms with E-state index >= 15 is 0 Å². The minimum absolute atomic E-state index is 0.103. The highest BCUT2D eigenvalue weighted by atomic mass is 35.5. The zero-order valence-corrected chi connectivity index (χ0v) is 20.8. The Morgan fingerprint density at radius 3 is 2.32 bits per heavy atom. The molecule has 2 aliphatic rings. The van der Waals surface area contributed by atoms with Gasteiger partial charge in [0.2, 0.25) is 5.91 Å². The number of hydrogen-bond acceptors (Lipinski definition) is 4. The lowest BCUT2D eigenvalue weighted by Gasteiger charge is -2.43. The molecule has 3 amide bonds. The van der Waals surface area contributed by atoms with Gasteiger partial charge in [-0.15, -0.1) is 0 Å². The van der Waals surface area contributed by atoms with Crippen molar-refractivity contribution in [3.63, 3.8) is 0 Å². The minimum atomic E-state index is -0.864. The average Bonchev–Trinajstić information content (AvgIpc) is 3.15. The zero-order chi connectivity index (χ0) is 26.0. The summed E-state index contributed by atoms with van der Waals surface area (Å²) in [5.74, 6) is -1.04. The molecule has 0 radical (unpaired) electrons. The monoisotopic (exact) mass is 520 g/mol. The first-order valence-electron chi connectivity index (χ1n) is 12.1. The lowest BCUT2D eigenvalue weighted by Crippen LogP contribution is -2.57. The van der Waals surface area contributed by atoms with E-state index in [1.807, 2.05) is 35.2 Å². The van der Waals surface area contributed by atoms with Crippen LogP contribution in [-0.4, -0.2) is 59.4 Å². The van der Waals surface area contributed by atoms with Crippen molar-refractivity contribution in [1.29, 1.82) is 0 Å². The fourth-order valence-corrected chi connectivity index (χ4v) is 5.31. The topological polar surface area (TPSA) is 73.0 Å². The number of carbonyl (C=O) groups is 3. The molecule has 1 spiro atoms. The molecule has 0 unspecified atom stereocenters. The van der Waals surface area contributed by atoms with Crippen LogP contribution in [0.15, 0.2) is 78.9 Å². The van der Waals surface area contributed by atoms with E-state index in [2.05, 4.69) is 5.32 Å². The second-order valence-electron chi connectivity index (χ2n) is 9.30. The van der Waals surface area contributed by atoms with Crippen LogP contribution in [-0.2, 0) is 9.59 Å². The smallest absolute Gasteiger partial charge is 0.253 e. The average molecular weight is 521 g/mol. The number of nitrogens with one attached hydrogen (secondary N) is 1. The molecule has 7 nitrogen and oxygen atoms in total. The largest absolute Gasteiger partial charge is 0.339 e. The Bertz CT molecular complexity index is 1310. The molecule has 5 rings (SSSR count). The fraction of sp³-hybridized carbons (Fsp3) is 0.250. The standard InChI is InChI=1S/C28H26ClFN4O3/c29-21-5-4-6-23(17-21)31-25(35)18-33-19-34(24-7-2-1-3-8-24)28(27(33)37)13-15-32(16-14-28)26(36)20-9-11-22(30)12-10-20/h1-12,17H,13-16,18-19H2,(H,31,35). The van der Waals surface area contributed by atoms with Gasteiger partial charge in [0.05, 0.1) is 6.67 Å². The van der Waals surface area contributed by atoms with Crippen molar-refractivity contribution in [2.24, 2.45) is 0 Å². The molecule has 0 aromatic heterocycles. The molecule has 0 bridgehead atoms. The van der Waals surface area contributed by atoms with Crippen LogP contribution in [0.5, 0.6) is 0 Å². The van der Waals surface area contributed by atoms with Crippen LogP contribution in [0.4, 0.5) is 15.8 Å². The van der Waals surface area contributed by atoms with E-state index in [0.29, 0.717) is 42.2 Å². The molecule has 3 aromatic carbocycles. The Hall–Kier alpha value is -3.91. The van der Waals surface area contributed by atoms with E-state index in [9.17, 15) is 18.8 Å². The quantitative estimate of drug-likeness (QED) is 0.541. The van der Waals surface area contributed by atoms with E-state index in [0.717, 1.165) is 5.69 Å². The second kappa shape index (κ2) is 10.2. The number of rotatable bonds is 5. The summed E-state index contributed by atoms with van der Waals surface area (Å²) in [6, 6.07) is 21.9. The predicted octanol–water partition coefficient (Wildman–Crippen LogP) is 4.40. The van der Waals surface area contributed by atoms with Gasteiger partial charge in [0, 0.05) is 35.1 Å². The Morgan fingerprint density at radius 2 is 1.65 bits per heavy atom. The highest BCUT2D eigenvalue weighted by Gasteiger charge is 2.54. The van der Waals surface area contributed by atoms with Crippen molar-refractivity contribution >= 4 is 40.7 Å². The molecular formula is C28H26ClFN4O3. The van der Waals surface area contributed by atoms with Gasteiger partial charge in [0.1, 0.15) is 17.9 Å². The molecule has 190 valence electrons. The summed E-state index contributed by atoms with van der Waals surface area (Å²) in [4.78, 5) is 44.9. The third kappa shape index (κ3) is 5.02. The molecule has 2 saturated heterocycles. The summed E-state index contributed by atoms with van der Waals surface area (Å²) >= 11 is 6.02. The van der Waals surface area contributed by atoms with Gasteiger partial charge in [-0.1, -0.05) is 35.9 Å². The number of amides is 3. The van der Waals surface area contributed by atoms with Crippen molar-refractivity contribution in [2.45, 2.75) is 18.4 Å². The van der Waals surface area contributed by atoms with Gasteiger partial charge in [-0.05, 0) is 67.4 Å². The molecule has 0 aliphatic carbocycles. The molecule has 0 saturated carbocycles. The number of halogens is 2. The molecule has 3 aromatic rings. The van der Waals surface area contributed by atoms with Gasteiger partial charge in [0.25, 0.3) is 11.8 Å². The van der Waals surface area contributed by atoms with E-state index in [1.165, 1.54) is 24.3 Å². The maximum atomic E-state index is 13.8. The van der Waals surface area contributed by atoms with Crippen molar-refractivity contribution in [3.05, 3.63) is 95.3 Å². The number of nitrogens with zero attached hydrogens (tertiary/aromatic N) is 3. The Labute approximate surface area is 219 Å². The SMILES string of the molecule is O=C(CN1CN(c2ccccc2)C2(CCN(C(=O)c3ccc(F)cc3)CC2)C1=O)Nc1cccc(Cl)c1. The van der Waals surface area contributed by atoms with Gasteiger partial charge >= 0.3 is 0 Å². The summed E-state index contributed by atoms with van der Waals surface area (Å²) in [5, 5.41) is 3.31. The van der Waals surface area contributed by atoms with E-state index in [4.69, 9.17) is 11.6 Å². The van der Waals surface area contributed by atoms with Crippen molar-refractivity contribution in [1.82, 2.24) is 9.80 Å². The number of para-hydroxylation sites is 1. The van der Waals surface area contributed by atoms with E-state index in [1.54, 1.807) is 34.1 Å². The molecule has 0 atom stereocenters. The number of carbonyl (C=O) groups excluding carboxylic acids is 3. The first-order valence-corrected chi connectivity index (χ1v) is 12.5. The third-order valence-electron chi connectivity index (χ3n) is 6.99. The maximum Gasteiger partial charge on any atom is 0.253 e. The highest BCUT2D eigenvalue weighted by Crippen LogP contribution is 2.39. The van der Waals surface area contributed by atoms with Crippen molar-refractivity contribution in [3.8, 4) is 0 Å². The second-order valence-corrected chi connectivity index (χ2v) is 9.73. The predicted molar refractivity (Wildman–Crippen MR) is 140 cm³/mol. The number of anilines is 2. The molecule has 9 heteroatoms. The third-order valence-corrected chi connectivity index (χ3v) is 7.23. The highest BCUT2D eigenvalue weighted by molar-refractivity contribution is 6.30. The van der Waals surface area contributed by atoms with Crippen molar-refractivity contribution < 1.29 is 18.8 Å². The Balaban J connectivity index is 1.33. The van der Waals surface area contributed by atoms with Crippen molar-refractivity contribution in [2.75, 3.05) is 36.5 Å². The number of likely N-dealkylation sites (tertiary alicyclic amines) is 1. The molecule has 2 aliphatic heterocycles. The van der Waals surface area contributed by atoms with Crippen LogP contribution >= 0.6 is 11.6 Å². The van der Waals surface area contributed by atoms with Gasteiger partial charge < -0.3 is 20.0 Å². The maximum absolute atomic E-state index is 13.8. The molecule has 2 heterocycles. The summed E-state index contributed by atoms with van der Waals surface area (Å²) in [7, 11) is 0. The van der Waals surface area contributed by atoms with E-state index in [-0.39, 0.29) is 30.9 Å². The van der Waals surface area contributed by atoms with Gasteiger partial charge in [-0.25, -0.2) is 4.39 Å². The lowest BCUT2D eigenvalue weighted by atomic mass is 9.85. The number of hydrogen-bond donors (Lipinski definition) is 1. The minimum Gasteiger partial charge on any atom is -0.339 e. The lowest BCUT2D eigenvalue weighted by molar-refractivity contribution is -0.136. The van der Waals surface area contributed by atoms with Gasteiger partial charge in [-0.2, -0.15) is 0 Å². The Morgan fingerprint density at radius 1 is 0.946 bits per heavy atom. The normalized spacial score (nSPS) is 16.8. The number of benzene rings is 3. The first kappa shape index (κ1) is 24.8. The molecular weight excluding hydrogens is 495 g/mol. The van der Waals surface area contributed by atoms with Crippen LogP contribution in [0.2, 0.25) is 5.02 Å². The van der Waals surface area contributed by atoms with Gasteiger partial charge in [0.15, 0.2) is 0 Å². The summed E-state index contributed by atoms with van der Waals surface area (Å²) in [6.45, 7) is 0.897. The number of piperidine rings is 1. The molecule has 1 N–H and O–H groups in total. The van der Waals surface area contributed by atoms with Crippen LogP contribution in [0.1, 0.15) is 23.2 Å². The van der Waals surface area contributed by atoms with Gasteiger partial charge in [-0.3, -0.25) is 14.4 Å². The van der Waals surface area contributed by atoms with Crippen LogP contribution < -0.4 is 10.2 Å². The molecule has 37 heavy (non-hydrogen) atoms. The van der Waals surface area contributed by atoms with Crippen LogP contribution in [0.3, 0.4) is 0 Å². The van der Waals surface area contributed by atoms with Crippen LogP contribution in [0, 0.1) is 5.82 Å².